The molecule has 10 heteroatoms. The Morgan fingerprint density at radius 3 is 2.35 bits per heavy atom. The van der Waals surface area contributed by atoms with Crippen LogP contribution in [0.5, 0.6) is 0 Å². The molecule has 1 aliphatic heterocycles. The largest absolute Gasteiger partial charge is 0.567 e. The zero-order valence-electron chi connectivity index (χ0n) is 17.2. The van der Waals surface area contributed by atoms with E-state index < -0.39 is 53.3 Å². The van der Waals surface area contributed by atoms with Crippen LogP contribution in [0.3, 0.4) is 0 Å². The molecule has 2 rings (SSSR count). The number of nitrogens with two attached hydrogens (primary N) is 1. The number of alkyl halides is 4. The van der Waals surface area contributed by atoms with Crippen molar-refractivity contribution in [3.63, 3.8) is 0 Å². The number of carbonyl (C=O) groups is 2. The number of rotatable bonds is 4. The van der Waals surface area contributed by atoms with Gasteiger partial charge in [0.15, 0.2) is 12.6 Å². The molecule has 2 amide bonds. The van der Waals surface area contributed by atoms with Crippen LogP contribution in [0.25, 0.3) is 0 Å². The minimum Gasteiger partial charge on any atom is -0.368 e. The van der Waals surface area contributed by atoms with Gasteiger partial charge in [-0.1, -0.05) is 21.9 Å². The van der Waals surface area contributed by atoms with E-state index in [9.17, 15) is 27.2 Å². The van der Waals surface area contributed by atoms with Gasteiger partial charge < -0.3 is 11.1 Å². The fourth-order valence-electron chi connectivity index (χ4n) is 3.63. The van der Waals surface area contributed by atoms with Crippen LogP contribution in [0.4, 0.5) is 23.2 Å². The molecule has 1 aromatic carbocycles. The molecule has 1 aromatic rings. The summed E-state index contributed by atoms with van der Waals surface area (Å²) in [6.07, 6.45) is -5.01. The van der Waals surface area contributed by atoms with Crippen LogP contribution >= 0.6 is 15.9 Å². The molecule has 1 aliphatic rings. The molecular formula is C21H25BrF4N3O2+. The van der Waals surface area contributed by atoms with E-state index in [0.29, 0.717) is 10.9 Å². The maximum atomic E-state index is 14.8. The highest BCUT2D eigenvalue weighted by Crippen LogP contribution is 2.43. The molecule has 0 bridgehead atoms. The summed E-state index contributed by atoms with van der Waals surface area (Å²) in [6.45, 7) is 1.44. The van der Waals surface area contributed by atoms with Crippen LogP contribution < -0.4 is 15.5 Å². The first-order chi connectivity index (χ1) is 14.3. The van der Waals surface area contributed by atoms with Crippen LogP contribution in [0.2, 0.25) is 0 Å². The smallest absolute Gasteiger partial charge is 0.368 e. The highest BCUT2D eigenvalue weighted by Gasteiger charge is 2.63. The second kappa shape index (κ2) is 9.57. The zero-order chi connectivity index (χ0) is 23.4. The number of primary amides is 1. The Bertz CT molecular complexity index is 872. The van der Waals surface area contributed by atoms with Gasteiger partial charge in [-0.2, -0.15) is 4.48 Å². The molecule has 0 spiro atoms. The zero-order valence-corrected chi connectivity index (χ0v) is 18.8. The van der Waals surface area contributed by atoms with Crippen molar-refractivity contribution in [3.05, 3.63) is 28.7 Å². The van der Waals surface area contributed by atoms with Crippen molar-refractivity contribution in [3.8, 4) is 11.8 Å². The predicted octanol–water partition coefficient (Wildman–Crippen LogP) is 3.94. The summed E-state index contributed by atoms with van der Waals surface area (Å²) >= 11 is 3.19. The van der Waals surface area contributed by atoms with Gasteiger partial charge in [0.2, 0.25) is 5.91 Å². The SMILES string of the molecule is CC(C)(F)CC1C(=O)NC(C(N)=O)CCCC#CC[N+]1(c1ccc(Br)cc1)C(F)(F)F. The van der Waals surface area contributed by atoms with Crippen molar-refractivity contribution >= 4 is 33.4 Å². The highest BCUT2D eigenvalue weighted by molar-refractivity contribution is 9.10. The van der Waals surface area contributed by atoms with Gasteiger partial charge in [-0.3, -0.25) is 9.59 Å². The Morgan fingerprint density at radius 2 is 1.84 bits per heavy atom. The van der Waals surface area contributed by atoms with E-state index in [4.69, 9.17) is 5.73 Å². The molecule has 0 aromatic heterocycles. The van der Waals surface area contributed by atoms with Gasteiger partial charge >= 0.3 is 6.30 Å². The summed E-state index contributed by atoms with van der Waals surface area (Å²) in [4.78, 5) is 25.0. The number of nitrogens with one attached hydrogen (secondary N) is 1. The van der Waals surface area contributed by atoms with Crippen molar-refractivity contribution in [2.45, 2.75) is 63.6 Å². The van der Waals surface area contributed by atoms with Gasteiger partial charge in [0.1, 0.15) is 17.4 Å². The molecular weight excluding hydrogens is 482 g/mol. The Balaban J connectivity index is 2.78. The normalized spacial score (nSPS) is 25.6. The number of halogens is 5. The summed E-state index contributed by atoms with van der Waals surface area (Å²) in [7, 11) is 0. The maximum Gasteiger partial charge on any atom is 0.567 e. The van der Waals surface area contributed by atoms with Crippen LogP contribution in [0.1, 0.15) is 39.5 Å². The van der Waals surface area contributed by atoms with Crippen molar-refractivity contribution in [1.29, 1.82) is 0 Å². The number of hydrogen-bond donors (Lipinski definition) is 2. The minimum atomic E-state index is -4.99. The van der Waals surface area contributed by atoms with Crippen molar-refractivity contribution in [2.75, 3.05) is 6.54 Å². The van der Waals surface area contributed by atoms with E-state index in [-0.39, 0.29) is 18.5 Å². The average Bonchev–Trinajstić information content (AvgIpc) is 2.66. The van der Waals surface area contributed by atoms with Crippen molar-refractivity contribution in [1.82, 2.24) is 9.80 Å². The topological polar surface area (TPSA) is 72.2 Å². The third-order valence-electron chi connectivity index (χ3n) is 5.16. The molecule has 3 atom stereocenters. The van der Waals surface area contributed by atoms with Gasteiger partial charge in [0, 0.05) is 29.4 Å². The van der Waals surface area contributed by atoms with Crippen LogP contribution in [-0.4, -0.2) is 42.4 Å². The molecule has 3 N–H and O–H groups in total. The van der Waals surface area contributed by atoms with Crippen LogP contribution in [0.15, 0.2) is 28.7 Å². The van der Waals surface area contributed by atoms with Crippen molar-refractivity contribution in [2.24, 2.45) is 5.73 Å². The summed E-state index contributed by atoms with van der Waals surface area (Å²) < 4.78 is 57.8. The molecule has 0 fully saturated rings. The number of amides is 2. The van der Waals surface area contributed by atoms with Gasteiger partial charge in [0.25, 0.3) is 5.91 Å². The molecule has 3 unspecified atom stereocenters. The Hall–Kier alpha value is -2.12. The fraction of sp³-hybridized carbons (Fsp3) is 0.524. The summed E-state index contributed by atoms with van der Waals surface area (Å²) in [5.41, 5.74) is 2.97. The molecule has 5 nitrogen and oxygen atoms in total. The van der Waals surface area contributed by atoms with E-state index in [0.717, 1.165) is 13.8 Å². The minimum absolute atomic E-state index is 0.131. The first-order valence-corrected chi connectivity index (χ1v) is 10.5. The summed E-state index contributed by atoms with van der Waals surface area (Å²) in [6, 6.07) is 2.20. The number of benzene rings is 1. The molecule has 0 saturated heterocycles. The first kappa shape index (κ1) is 25.1. The second-order valence-electron chi connectivity index (χ2n) is 8.12. The van der Waals surface area contributed by atoms with Gasteiger partial charge in [-0.25, -0.2) is 4.39 Å². The van der Waals surface area contributed by atoms with E-state index in [1.54, 1.807) is 0 Å². The quantitative estimate of drug-likeness (QED) is 0.281. The summed E-state index contributed by atoms with van der Waals surface area (Å²) in [5, 5.41) is 2.33. The molecule has 1 heterocycles. The van der Waals surface area contributed by atoms with Gasteiger partial charge in [-0.15, -0.1) is 13.2 Å². The lowest BCUT2D eigenvalue weighted by atomic mass is 9.95. The number of nitrogens with zero attached hydrogens (tertiary/aromatic N) is 1. The van der Waals surface area contributed by atoms with E-state index in [1.807, 2.05) is 0 Å². The maximum absolute atomic E-state index is 14.8. The van der Waals surface area contributed by atoms with E-state index in [2.05, 4.69) is 33.1 Å². The molecule has 0 radical (unpaired) electrons. The standard InChI is InChI=1S/C21H24BrF4N3O2/c1-20(2,23)13-17-19(31)28-16(18(27)30)7-5-3-4-6-12-29(17,21(24,25)26)15-10-8-14(22)9-11-15/h8-11,16-17H,3,5,7,12-13H2,1-2H3,(H2-,27,28,30,31)/p+1. The van der Waals surface area contributed by atoms with Gasteiger partial charge in [-0.05, 0) is 44.7 Å². The molecule has 0 saturated carbocycles. The van der Waals surface area contributed by atoms with Crippen LogP contribution in [-0.2, 0) is 9.59 Å². The van der Waals surface area contributed by atoms with Crippen molar-refractivity contribution < 1.29 is 27.2 Å². The van der Waals surface area contributed by atoms with Crippen LogP contribution in [0, 0.1) is 11.8 Å². The molecule has 0 aliphatic carbocycles. The lowest BCUT2D eigenvalue weighted by molar-refractivity contribution is -0.248. The highest BCUT2D eigenvalue weighted by atomic mass is 79.9. The second-order valence-corrected chi connectivity index (χ2v) is 9.03. The number of quaternary nitrogens is 1. The number of carbonyl (C=O) groups excluding carboxylic acids is 2. The monoisotopic (exact) mass is 506 g/mol. The van der Waals surface area contributed by atoms with Gasteiger partial charge in [0.05, 0.1) is 0 Å². The fourth-order valence-corrected chi connectivity index (χ4v) is 3.89. The lowest BCUT2D eigenvalue weighted by Gasteiger charge is -2.43. The first-order valence-electron chi connectivity index (χ1n) is 9.73. The predicted molar refractivity (Wildman–Crippen MR) is 113 cm³/mol. The average molecular weight is 507 g/mol. The Kier molecular flexibility index (Phi) is 7.76. The van der Waals surface area contributed by atoms with E-state index >= 15 is 0 Å². The molecule has 31 heavy (non-hydrogen) atoms. The summed E-state index contributed by atoms with van der Waals surface area (Å²) in [5.74, 6) is 3.27. The Labute approximate surface area is 187 Å². The Morgan fingerprint density at radius 1 is 1.23 bits per heavy atom. The van der Waals surface area contributed by atoms with E-state index in [1.165, 1.54) is 24.3 Å². The third-order valence-corrected chi connectivity index (χ3v) is 5.69. The molecule has 170 valence electrons. The third kappa shape index (κ3) is 5.98. The lowest BCUT2D eigenvalue weighted by Crippen LogP contribution is -2.71. The number of hydrogen-bond acceptors (Lipinski definition) is 2.